The van der Waals surface area contributed by atoms with Crippen LogP contribution in [0, 0.1) is 17.0 Å². The fraction of sp³-hybridized carbons (Fsp3) is 0.571. The number of anilines is 1. The average Bonchev–Trinajstić information content (AvgIpc) is 2.88. The number of nitrogens with zero attached hydrogens (tertiary/aromatic N) is 2. The number of nitro groups is 1. The van der Waals surface area contributed by atoms with E-state index in [0.717, 1.165) is 24.1 Å². The lowest BCUT2D eigenvalue weighted by molar-refractivity contribution is -0.384. The predicted octanol–water partition coefficient (Wildman–Crippen LogP) is 2.64. The highest BCUT2D eigenvalue weighted by Gasteiger charge is 2.23. The van der Waals surface area contributed by atoms with E-state index in [1.165, 1.54) is 12.8 Å². The summed E-state index contributed by atoms with van der Waals surface area (Å²) >= 11 is 0. The van der Waals surface area contributed by atoms with Crippen molar-refractivity contribution in [1.29, 1.82) is 0 Å². The molecule has 0 amide bonds. The van der Waals surface area contributed by atoms with E-state index in [2.05, 4.69) is 4.90 Å². The number of aliphatic hydroxyl groups excluding tert-OH is 1. The Kier molecular flexibility index (Phi) is 4.37. The first-order valence-corrected chi connectivity index (χ1v) is 6.75. The molecule has 0 bridgehead atoms. The first kappa shape index (κ1) is 13.8. The molecule has 1 aromatic rings. The Balaban J connectivity index is 2.32. The third-order valence-electron chi connectivity index (χ3n) is 3.70. The second-order valence-electron chi connectivity index (χ2n) is 5.14. The topological polar surface area (TPSA) is 66.6 Å². The van der Waals surface area contributed by atoms with Gasteiger partial charge in [-0.3, -0.25) is 10.1 Å². The molecule has 0 unspecified atom stereocenters. The molecule has 0 radical (unpaired) electrons. The third-order valence-corrected chi connectivity index (χ3v) is 3.70. The van der Waals surface area contributed by atoms with Crippen molar-refractivity contribution >= 4 is 11.4 Å². The lowest BCUT2D eigenvalue weighted by Crippen LogP contribution is -2.35. The highest BCUT2D eigenvalue weighted by molar-refractivity contribution is 5.56. The number of non-ortho nitro benzene ring substituents is 1. The van der Waals surface area contributed by atoms with E-state index in [4.69, 9.17) is 0 Å². The second-order valence-corrected chi connectivity index (χ2v) is 5.14. The van der Waals surface area contributed by atoms with Crippen LogP contribution >= 0.6 is 0 Å². The molecule has 1 N–H and O–H groups in total. The van der Waals surface area contributed by atoms with Crippen LogP contribution in [0.4, 0.5) is 11.4 Å². The molecular weight excluding hydrogens is 244 g/mol. The maximum atomic E-state index is 10.9. The van der Waals surface area contributed by atoms with Gasteiger partial charge in [-0.25, -0.2) is 0 Å². The van der Waals surface area contributed by atoms with Gasteiger partial charge in [-0.1, -0.05) is 12.8 Å². The maximum Gasteiger partial charge on any atom is 0.271 e. The van der Waals surface area contributed by atoms with Gasteiger partial charge in [0.1, 0.15) is 0 Å². The number of rotatable bonds is 5. The molecule has 0 saturated heterocycles. The molecule has 1 aliphatic carbocycles. The fourth-order valence-corrected chi connectivity index (χ4v) is 2.86. The van der Waals surface area contributed by atoms with Crippen molar-refractivity contribution in [2.24, 2.45) is 0 Å². The SMILES string of the molecule is Cc1cc(N(CCO)C2CCCC2)cc([N+](=O)[O-])c1. The summed E-state index contributed by atoms with van der Waals surface area (Å²) in [5.41, 5.74) is 1.86. The van der Waals surface area contributed by atoms with E-state index < -0.39 is 0 Å². The predicted molar refractivity (Wildman–Crippen MR) is 74.5 cm³/mol. The van der Waals surface area contributed by atoms with Crippen LogP contribution in [0.1, 0.15) is 31.2 Å². The molecule has 0 aromatic heterocycles. The molecule has 1 aliphatic rings. The summed E-state index contributed by atoms with van der Waals surface area (Å²) < 4.78 is 0. The summed E-state index contributed by atoms with van der Waals surface area (Å²) in [6, 6.07) is 5.55. The minimum atomic E-state index is -0.359. The zero-order valence-electron chi connectivity index (χ0n) is 11.2. The van der Waals surface area contributed by atoms with Crippen LogP contribution < -0.4 is 4.90 Å². The molecule has 1 saturated carbocycles. The number of aryl methyl sites for hydroxylation is 1. The summed E-state index contributed by atoms with van der Waals surface area (Å²) in [6.45, 7) is 2.46. The first-order valence-electron chi connectivity index (χ1n) is 6.75. The Morgan fingerprint density at radius 1 is 1.37 bits per heavy atom. The largest absolute Gasteiger partial charge is 0.395 e. The van der Waals surface area contributed by atoms with Crippen molar-refractivity contribution in [3.8, 4) is 0 Å². The monoisotopic (exact) mass is 264 g/mol. The molecule has 2 rings (SSSR count). The van der Waals surface area contributed by atoms with Crippen LogP contribution in [0.15, 0.2) is 18.2 Å². The van der Waals surface area contributed by atoms with Gasteiger partial charge in [0.2, 0.25) is 0 Å². The Hall–Kier alpha value is -1.62. The quantitative estimate of drug-likeness (QED) is 0.656. The van der Waals surface area contributed by atoms with Crippen molar-refractivity contribution in [2.45, 2.75) is 38.6 Å². The molecule has 5 heteroatoms. The van der Waals surface area contributed by atoms with Gasteiger partial charge >= 0.3 is 0 Å². The van der Waals surface area contributed by atoms with Gasteiger partial charge in [-0.2, -0.15) is 0 Å². The summed E-state index contributed by atoms with van der Waals surface area (Å²) in [6.07, 6.45) is 4.59. The third kappa shape index (κ3) is 3.23. The molecule has 5 nitrogen and oxygen atoms in total. The second kappa shape index (κ2) is 6.02. The molecule has 19 heavy (non-hydrogen) atoms. The standard InChI is InChI=1S/C14H20N2O3/c1-11-8-13(10-14(9-11)16(18)19)15(6-7-17)12-4-2-3-5-12/h8-10,12,17H,2-7H2,1H3. The molecule has 0 spiro atoms. The number of benzene rings is 1. The highest BCUT2D eigenvalue weighted by atomic mass is 16.6. The van der Waals surface area contributed by atoms with Crippen LogP contribution in [0.2, 0.25) is 0 Å². The highest BCUT2D eigenvalue weighted by Crippen LogP contribution is 2.30. The van der Waals surface area contributed by atoms with E-state index in [0.29, 0.717) is 12.6 Å². The van der Waals surface area contributed by atoms with Gasteiger partial charge in [0, 0.05) is 30.4 Å². The minimum absolute atomic E-state index is 0.0677. The number of aliphatic hydroxyl groups is 1. The molecule has 104 valence electrons. The normalized spacial score (nSPS) is 15.7. The number of hydrogen-bond donors (Lipinski definition) is 1. The van der Waals surface area contributed by atoms with Crippen LogP contribution in [0.5, 0.6) is 0 Å². The summed E-state index contributed by atoms with van der Waals surface area (Å²) in [5.74, 6) is 0. The van der Waals surface area contributed by atoms with Gasteiger partial charge in [-0.05, 0) is 31.4 Å². The van der Waals surface area contributed by atoms with Crippen LogP contribution in [-0.2, 0) is 0 Å². The average molecular weight is 264 g/mol. The molecular formula is C14H20N2O3. The zero-order valence-corrected chi connectivity index (χ0v) is 11.2. The maximum absolute atomic E-state index is 10.9. The Bertz CT molecular complexity index is 456. The molecule has 0 atom stereocenters. The smallest absolute Gasteiger partial charge is 0.271 e. The van der Waals surface area contributed by atoms with E-state index >= 15 is 0 Å². The molecule has 1 aromatic carbocycles. The van der Waals surface area contributed by atoms with E-state index in [1.54, 1.807) is 12.1 Å². The number of hydrogen-bond acceptors (Lipinski definition) is 4. The van der Waals surface area contributed by atoms with Crippen molar-refractivity contribution in [3.63, 3.8) is 0 Å². The lowest BCUT2D eigenvalue weighted by Gasteiger charge is -2.30. The van der Waals surface area contributed by atoms with Crippen molar-refractivity contribution in [3.05, 3.63) is 33.9 Å². The molecule has 0 heterocycles. The summed E-state index contributed by atoms with van der Waals surface area (Å²) in [4.78, 5) is 12.7. The fourth-order valence-electron chi connectivity index (χ4n) is 2.86. The van der Waals surface area contributed by atoms with Crippen LogP contribution in [0.25, 0.3) is 0 Å². The van der Waals surface area contributed by atoms with Crippen molar-refractivity contribution in [1.82, 2.24) is 0 Å². The minimum Gasteiger partial charge on any atom is -0.395 e. The van der Waals surface area contributed by atoms with E-state index in [9.17, 15) is 15.2 Å². The van der Waals surface area contributed by atoms with Crippen LogP contribution in [-0.4, -0.2) is 29.2 Å². The van der Waals surface area contributed by atoms with Gasteiger partial charge in [-0.15, -0.1) is 0 Å². The van der Waals surface area contributed by atoms with Gasteiger partial charge in [0.05, 0.1) is 11.5 Å². The van der Waals surface area contributed by atoms with Crippen LogP contribution in [0.3, 0.4) is 0 Å². The summed E-state index contributed by atoms with van der Waals surface area (Å²) in [5, 5.41) is 20.2. The zero-order chi connectivity index (χ0) is 13.8. The van der Waals surface area contributed by atoms with E-state index in [1.807, 2.05) is 13.0 Å². The number of nitro benzene ring substituents is 1. The Morgan fingerprint density at radius 3 is 2.63 bits per heavy atom. The lowest BCUT2D eigenvalue weighted by atomic mass is 10.1. The van der Waals surface area contributed by atoms with Gasteiger partial charge < -0.3 is 10.0 Å². The van der Waals surface area contributed by atoms with Crippen molar-refractivity contribution < 1.29 is 10.0 Å². The molecule has 1 fully saturated rings. The van der Waals surface area contributed by atoms with Gasteiger partial charge in [0.15, 0.2) is 0 Å². The van der Waals surface area contributed by atoms with Gasteiger partial charge in [0.25, 0.3) is 5.69 Å². The van der Waals surface area contributed by atoms with E-state index in [-0.39, 0.29) is 17.2 Å². The summed E-state index contributed by atoms with van der Waals surface area (Å²) in [7, 11) is 0. The Labute approximate surface area is 113 Å². The molecule has 0 aliphatic heterocycles. The van der Waals surface area contributed by atoms with Crippen molar-refractivity contribution in [2.75, 3.05) is 18.1 Å². The first-order chi connectivity index (χ1) is 9.11. The Morgan fingerprint density at radius 2 is 2.05 bits per heavy atom.